The Hall–Kier alpha value is -2.27. The summed E-state index contributed by atoms with van der Waals surface area (Å²) < 4.78 is 34.8. The van der Waals surface area contributed by atoms with Crippen molar-refractivity contribution in [3.63, 3.8) is 0 Å². The summed E-state index contributed by atoms with van der Waals surface area (Å²) in [4.78, 5) is 0.266. The molecule has 2 aromatic carbocycles. The van der Waals surface area contributed by atoms with Crippen LogP contribution in [0.1, 0.15) is 64.9 Å². The van der Waals surface area contributed by atoms with Crippen molar-refractivity contribution in [3.8, 4) is 0 Å². The predicted octanol–water partition coefficient (Wildman–Crippen LogP) is 6.68. The average Bonchev–Trinajstić information content (AvgIpc) is 3.04. The van der Waals surface area contributed by atoms with Crippen molar-refractivity contribution in [2.24, 2.45) is 11.3 Å². The number of furan rings is 1. The zero-order valence-corrected chi connectivity index (χ0v) is 20.2. The van der Waals surface area contributed by atoms with Gasteiger partial charge in [-0.15, -0.1) is 0 Å². The molecule has 0 bridgehead atoms. The van der Waals surface area contributed by atoms with E-state index in [0.29, 0.717) is 11.6 Å². The highest BCUT2D eigenvalue weighted by Crippen LogP contribution is 2.41. The Morgan fingerprint density at radius 3 is 2.26 bits per heavy atom. The van der Waals surface area contributed by atoms with Crippen LogP contribution >= 0.6 is 0 Å². The molecule has 1 heterocycles. The highest BCUT2D eigenvalue weighted by atomic mass is 32.2. The van der Waals surface area contributed by atoms with Gasteiger partial charge in [0.25, 0.3) is 10.0 Å². The van der Waals surface area contributed by atoms with Gasteiger partial charge in [0.15, 0.2) is 0 Å². The van der Waals surface area contributed by atoms with Gasteiger partial charge in [-0.25, -0.2) is 8.42 Å². The van der Waals surface area contributed by atoms with Gasteiger partial charge in [0.2, 0.25) is 0 Å². The molecule has 0 radical (unpaired) electrons. The average molecular weight is 440 g/mol. The van der Waals surface area contributed by atoms with E-state index in [9.17, 15) is 8.42 Å². The topological polar surface area (TPSA) is 59.3 Å². The molecule has 1 atom stereocenters. The van der Waals surface area contributed by atoms with Gasteiger partial charge in [-0.1, -0.05) is 53.7 Å². The Labute approximate surface area is 186 Å². The molecular weight excluding hydrogens is 406 g/mol. The third kappa shape index (κ3) is 4.38. The van der Waals surface area contributed by atoms with Crippen LogP contribution in [0.25, 0.3) is 11.0 Å². The third-order valence-electron chi connectivity index (χ3n) is 6.55. The lowest BCUT2D eigenvalue weighted by Gasteiger charge is -2.33. The number of hydrogen-bond donors (Lipinski definition) is 1. The van der Waals surface area contributed by atoms with E-state index in [1.807, 2.05) is 24.3 Å². The van der Waals surface area contributed by atoms with E-state index in [-0.39, 0.29) is 15.7 Å². The zero-order valence-electron chi connectivity index (χ0n) is 19.4. The van der Waals surface area contributed by atoms with E-state index >= 15 is 0 Å². The monoisotopic (exact) mass is 439 g/mol. The molecule has 1 aliphatic rings. The molecule has 4 nitrogen and oxygen atoms in total. The van der Waals surface area contributed by atoms with E-state index in [4.69, 9.17) is 4.42 Å². The van der Waals surface area contributed by atoms with Gasteiger partial charge in [-0.3, -0.25) is 4.72 Å². The second-order valence-corrected chi connectivity index (χ2v) is 12.6. The van der Waals surface area contributed by atoms with E-state index in [0.717, 1.165) is 41.6 Å². The predicted molar refractivity (Wildman–Crippen MR) is 127 cm³/mol. The minimum atomic E-state index is -3.66. The summed E-state index contributed by atoms with van der Waals surface area (Å²) in [6, 6.07) is 12.7. The van der Waals surface area contributed by atoms with Crippen molar-refractivity contribution in [1.29, 1.82) is 0 Å². The number of aryl methyl sites for hydroxylation is 1. The number of nitrogens with one attached hydrogen (secondary N) is 1. The van der Waals surface area contributed by atoms with Gasteiger partial charge < -0.3 is 4.42 Å². The van der Waals surface area contributed by atoms with E-state index < -0.39 is 10.0 Å². The van der Waals surface area contributed by atoms with Crippen LogP contribution in [0, 0.1) is 11.3 Å². The van der Waals surface area contributed by atoms with Crippen molar-refractivity contribution in [2.75, 3.05) is 4.72 Å². The van der Waals surface area contributed by atoms with Crippen LogP contribution in [0.4, 0.5) is 5.69 Å². The molecule has 0 saturated heterocycles. The summed E-state index contributed by atoms with van der Waals surface area (Å²) in [7, 11) is -3.66. The van der Waals surface area contributed by atoms with Crippen molar-refractivity contribution >= 4 is 26.7 Å². The quantitative estimate of drug-likeness (QED) is 0.495. The van der Waals surface area contributed by atoms with Crippen LogP contribution in [0.3, 0.4) is 0 Å². The number of anilines is 1. The first kappa shape index (κ1) is 21.9. The Kier molecular flexibility index (Phi) is 5.24. The Bertz CT molecular complexity index is 1210. The summed E-state index contributed by atoms with van der Waals surface area (Å²) in [6.07, 6.45) is 3.03. The molecule has 5 heteroatoms. The summed E-state index contributed by atoms with van der Waals surface area (Å²) >= 11 is 0. The maximum absolute atomic E-state index is 13.0. The van der Waals surface area contributed by atoms with E-state index in [1.54, 1.807) is 18.2 Å². The Morgan fingerprint density at radius 2 is 1.65 bits per heavy atom. The smallest absolute Gasteiger partial charge is 0.261 e. The SMILES string of the molecule is CC(C)(C)c1ccc(S(=O)(=O)Nc2ccc3oc4c(c3c2)CC(C(C)(C)C)CC4)cc1. The van der Waals surface area contributed by atoms with Gasteiger partial charge >= 0.3 is 0 Å². The first-order valence-corrected chi connectivity index (χ1v) is 12.5. The number of fused-ring (bicyclic) bond motifs is 3. The number of sulfonamides is 1. The minimum Gasteiger partial charge on any atom is -0.461 e. The molecule has 0 fully saturated rings. The van der Waals surface area contributed by atoms with Crippen LogP contribution in [0.2, 0.25) is 0 Å². The molecule has 0 aliphatic heterocycles. The normalized spacial score (nSPS) is 17.5. The van der Waals surface area contributed by atoms with Crippen molar-refractivity contribution in [3.05, 3.63) is 59.4 Å². The third-order valence-corrected chi connectivity index (χ3v) is 7.95. The largest absolute Gasteiger partial charge is 0.461 e. The molecule has 4 rings (SSSR count). The van der Waals surface area contributed by atoms with Crippen LogP contribution in [-0.2, 0) is 28.3 Å². The first-order chi connectivity index (χ1) is 14.3. The molecule has 166 valence electrons. The number of rotatable bonds is 3. The zero-order chi connectivity index (χ0) is 22.6. The fourth-order valence-electron chi connectivity index (χ4n) is 4.43. The molecule has 1 unspecified atom stereocenters. The van der Waals surface area contributed by atoms with E-state index in [1.165, 1.54) is 5.56 Å². The summed E-state index contributed by atoms with van der Waals surface area (Å²) in [5.41, 5.74) is 3.94. The van der Waals surface area contributed by atoms with E-state index in [2.05, 4.69) is 46.3 Å². The lowest BCUT2D eigenvalue weighted by molar-refractivity contribution is 0.210. The van der Waals surface area contributed by atoms with Crippen LogP contribution < -0.4 is 4.72 Å². The van der Waals surface area contributed by atoms with Gasteiger partial charge in [0.1, 0.15) is 11.3 Å². The molecule has 31 heavy (non-hydrogen) atoms. The highest BCUT2D eigenvalue weighted by molar-refractivity contribution is 7.92. The molecule has 0 saturated carbocycles. The number of hydrogen-bond acceptors (Lipinski definition) is 3. The lowest BCUT2D eigenvalue weighted by atomic mass is 9.71. The van der Waals surface area contributed by atoms with Crippen molar-refractivity contribution in [1.82, 2.24) is 0 Å². The molecule has 0 amide bonds. The van der Waals surface area contributed by atoms with Crippen molar-refractivity contribution < 1.29 is 12.8 Å². The van der Waals surface area contributed by atoms with Gasteiger partial charge in [-0.2, -0.15) is 0 Å². The van der Waals surface area contributed by atoms with Crippen LogP contribution in [0.5, 0.6) is 0 Å². The Balaban J connectivity index is 1.63. The highest BCUT2D eigenvalue weighted by Gasteiger charge is 2.31. The molecule has 1 aromatic heterocycles. The van der Waals surface area contributed by atoms with Gasteiger partial charge in [0.05, 0.1) is 4.90 Å². The molecule has 3 aromatic rings. The van der Waals surface area contributed by atoms with Gasteiger partial charge in [0, 0.05) is 23.1 Å². The van der Waals surface area contributed by atoms with Gasteiger partial charge in [-0.05, 0) is 65.5 Å². The summed E-state index contributed by atoms with van der Waals surface area (Å²) in [6.45, 7) is 13.2. The molecular formula is C26H33NO3S. The maximum atomic E-state index is 13.0. The number of benzene rings is 2. The lowest BCUT2D eigenvalue weighted by Crippen LogP contribution is -2.26. The second kappa shape index (κ2) is 7.40. The maximum Gasteiger partial charge on any atom is 0.261 e. The van der Waals surface area contributed by atoms with Crippen molar-refractivity contribution in [2.45, 2.75) is 71.1 Å². The first-order valence-electron chi connectivity index (χ1n) is 11.0. The Morgan fingerprint density at radius 1 is 0.968 bits per heavy atom. The van der Waals surface area contributed by atoms with Crippen LogP contribution in [0.15, 0.2) is 51.8 Å². The summed E-state index contributed by atoms with van der Waals surface area (Å²) in [5.74, 6) is 1.63. The molecule has 1 aliphatic carbocycles. The second-order valence-electron chi connectivity index (χ2n) is 10.9. The fraction of sp³-hybridized carbons (Fsp3) is 0.462. The van der Waals surface area contributed by atoms with Crippen LogP contribution in [-0.4, -0.2) is 8.42 Å². The summed E-state index contributed by atoms with van der Waals surface area (Å²) in [5, 5.41) is 1.02. The molecule has 0 spiro atoms. The fourth-order valence-corrected chi connectivity index (χ4v) is 5.48. The standard InChI is InChI=1S/C26H33NO3S/c1-25(2,3)17-7-11-20(12-8-17)31(28,29)27-19-10-14-24-22(16-19)21-15-18(26(4,5)6)9-13-23(21)30-24/h7-8,10-12,14,16,18,27H,9,13,15H2,1-6H3. The molecule has 1 N–H and O–H groups in total. The minimum absolute atomic E-state index is 0.0218.